The number of piperidine rings is 1. The number of sulfonamides is 1. The van der Waals surface area contributed by atoms with Crippen molar-refractivity contribution in [3.8, 4) is 0 Å². The molecule has 0 saturated carbocycles. The summed E-state index contributed by atoms with van der Waals surface area (Å²) in [5, 5.41) is 9.12. The highest BCUT2D eigenvalue weighted by molar-refractivity contribution is 7.88. The summed E-state index contributed by atoms with van der Waals surface area (Å²) in [6.45, 7) is 4.60. The van der Waals surface area contributed by atoms with E-state index in [0.717, 1.165) is 38.9 Å². The Morgan fingerprint density at radius 1 is 1.17 bits per heavy atom. The Morgan fingerprint density at radius 2 is 1.94 bits per heavy atom. The van der Waals surface area contributed by atoms with E-state index in [9.17, 15) is 8.42 Å². The van der Waals surface area contributed by atoms with Crippen LogP contribution in [0.2, 0.25) is 0 Å². The standard InChI is InChI=1S/C12H24N2O3S/c1-18(16,17)14-5-2-3-11(9-14)7-13-6-4-12(8-13)10-15/h11-12,15H,2-10H2,1H3. The molecule has 2 saturated heterocycles. The fourth-order valence-corrected chi connectivity index (χ4v) is 4.01. The zero-order chi connectivity index (χ0) is 13.2. The number of hydrogen-bond donors (Lipinski definition) is 1. The summed E-state index contributed by atoms with van der Waals surface area (Å²) in [5.74, 6) is 0.866. The predicted molar refractivity (Wildman–Crippen MR) is 70.8 cm³/mol. The molecule has 2 aliphatic heterocycles. The molecule has 2 atom stereocenters. The molecule has 0 radical (unpaired) electrons. The van der Waals surface area contributed by atoms with Gasteiger partial charge in [0.15, 0.2) is 0 Å². The van der Waals surface area contributed by atoms with E-state index < -0.39 is 10.0 Å². The lowest BCUT2D eigenvalue weighted by atomic mass is 9.99. The Kier molecular flexibility index (Phi) is 4.64. The van der Waals surface area contributed by atoms with Crippen LogP contribution in [-0.2, 0) is 10.0 Å². The van der Waals surface area contributed by atoms with Crippen LogP contribution in [0.3, 0.4) is 0 Å². The third kappa shape index (κ3) is 3.66. The topological polar surface area (TPSA) is 60.9 Å². The van der Waals surface area contributed by atoms with E-state index in [0.29, 0.717) is 24.9 Å². The highest BCUT2D eigenvalue weighted by Gasteiger charge is 2.29. The second-order valence-electron chi connectivity index (χ2n) is 5.73. The molecule has 0 aliphatic carbocycles. The Morgan fingerprint density at radius 3 is 2.56 bits per heavy atom. The lowest BCUT2D eigenvalue weighted by Crippen LogP contribution is -2.43. The molecule has 0 amide bonds. The van der Waals surface area contributed by atoms with E-state index in [-0.39, 0.29) is 6.61 Å². The number of likely N-dealkylation sites (tertiary alicyclic amines) is 1. The number of aliphatic hydroxyl groups excluding tert-OH is 1. The number of nitrogens with zero attached hydrogens (tertiary/aromatic N) is 2. The van der Waals surface area contributed by atoms with Gasteiger partial charge in [-0.2, -0.15) is 0 Å². The van der Waals surface area contributed by atoms with E-state index in [1.807, 2.05) is 0 Å². The van der Waals surface area contributed by atoms with Crippen molar-refractivity contribution in [2.45, 2.75) is 19.3 Å². The monoisotopic (exact) mass is 276 g/mol. The van der Waals surface area contributed by atoms with Gasteiger partial charge < -0.3 is 10.0 Å². The van der Waals surface area contributed by atoms with Crippen LogP contribution in [0.1, 0.15) is 19.3 Å². The largest absolute Gasteiger partial charge is 0.396 e. The first-order valence-electron chi connectivity index (χ1n) is 6.77. The molecule has 18 heavy (non-hydrogen) atoms. The molecular formula is C12H24N2O3S. The summed E-state index contributed by atoms with van der Waals surface area (Å²) in [7, 11) is -3.03. The molecule has 0 spiro atoms. The van der Waals surface area contributed by atoms with Gasteiger partial charge in [0.2, 0.25) is 10.0 Å². The van der Waals surface area contributed by atoms with Crippen molar-refractivity contribution in [1.29, 1.82) is 0 Å². The van der Waals surface area contributed by atoms with Gasteiger partial charge in [-0.1, -0.05) is 0 Å². The van der Waals surface area contributed by atoms with Crippen molar-refractivity contribution >= 4 is 10.0 Å². The second kappa shape index (κ2) is 5.86. The van der Waals surface area contributed by atoms with E-state index >= 15 is 0 Å². The fraction of sp³-hybridized carbons (Fsp3) is 1.00. The zero-order valence-corrected chi connectivity index (χ0v) is 11.9. The summed E-state index contributed by atoms with van der Waals surface area (Å²) in [6, 6.07) is 0. The SMILES string of the molecule is CS(=O)(=O)N1CCCC(CN2CCC(CO)C2)C1. The van der Waals surface area contributed by atoms with Gasteiger partial charge in [0.05, 0.1) is 6.26 Å². The molecule has 2 fully saturated rings. The van der Waals surface area contributed by atoms with E-state index in [4.69, 9.17) is 5.11 Å². The van der Waals surface area contributed by atoms with Crippen LogP contribution >= 0.6 is 0 Å². The van der Waals surface area contributed by atoms with Crippen LogP contribution in [0.5, 0.6) is 0 Å². The Balaban J connectivity index is 1.83. The highest BCUT2D eigenvalue weighted by atomic mass is 32.2. The first-order valence-corrected chi connectivity index (χ1v) is 8.62. The van der Waals surface area contributed by atoms with Gasteiger partial charge in [-0.3, -0.25) is 0 Å². The van der Waals surface area contributed by atoms with Crippen LogP contribution in [-0.4, -0.2) is 68.3 Å². The second-order valence-corrected chi connectivity index (χ2v) is 7.71. The van der Waals surface area contributed by atoms with Crippen LogP contribution in [0, 0.1) is 11.8 Å². The summed E-state index contributed by atoms with van der Waals surface area (Å²) in [5.41, 5.74) is 0. The van der Waals surface area contributed by atoms with Gasteiger partial charge in [0.25, 0.3) is 0 Å². The molecule has 2 heterocycles. The molecular weight excluding hydrogens is 252 g/mol. The molecule has 1 N–H and O–H groups in total. The van der Waals surface area contributed by atoms with Crippen molar-refractivity contribution in [1.82, 2.24) is 9.21 Å². The van der Waals surface area contributed by atoms with Gasteiger partial charge >= 0.3 is 0 Å². The quantitative estimate of drug-likeness (QED) is 0.783. The molecule has 106 valence electrons. The lowest BCUT2D eigenvalue weighted by molar-refractivity contribution is 0.184. The predicted octanol–water partition coefficient (Wildman–Crippen LogP) is -0.0278. The van der Waals surface area contributed by atoms with Gasteiger partial charge in [0, 0.05) is 32.8 Å². The molecule has 0 bridgehead atoms. The number of aliphatic hydroxyl groups is 1. The Hall–Kier alpha value is -0.170. The maximum atomic E-state index is 11.5. The van der Waals surface area contributed by atoms with Gasteiger partial charge in [-0.15, -0.1) is 0 Å². The molecule has 6 heteroatoms. The molecule has 2 rings (SSSR count). The van der Waals surface area contributed by atoms with Gasteiger partial charge in [-0.25, -0.2) is 12.7 Å². The van der Waals surface area contributed by atoms with Crippen molar-refractivity contribution < 1.29 is 13.5 Å². The minimum atomic E-state index is -3.03. The van der Waals surface area contributed by atoms with Crippen molar-refractivity contribution in [3.05, 3.63) is 0 Å². The van der Waals surface area contributed by atoms with E-state index in [1.165, 1.54) is 6.26 Å². The van der Waals surface area contributed by atoms with E-state index in [2.05, 4.69) is 4.90 Å². The lowest BCUT2D eigenvalue weighted by Gasteiger charge is -2.33. The highest BCUT2D eigenvalue weighted by Crippen LogP contribution is 2.23. The molecule has 0 aromatic carbocycles. The molecule has 0 aromatic rings. The number of hydrogen-bond acceptors (Lipinski definition) is 4. The zero-order valence-electron chi connectivity index (χ0n) is 11.1. The van der Waals surface area contributed by atoms with Crippen LogP contribution in [0.25, 0.3) is 0 Å². The Bertz CT molecular complexity index is 372. The average Bonchev–Trinajstić information content (AvgIpc) is 2.76. The minimum absolute atomic E-state index is 0.274. The molecule has 2 aliphatic rings. The fourth-order valence-electron chi connectivity index (χ4n) is 3.07. The average molecular weight is 276 g/mol. The summed E-state index contributed by atoms with van der Waals surface area (Å²) < 4.78 is 24.7. The van der Waals surface area contributed by atoms with Crippen LogP contribution in [0.4, 0.5) is 0 Å². The maximum Gasteiger partial charge on any atom is 0.211 e. The maximum absolute atomic E-state index is 11.5. The minimum Gasteiger partial charge on any atom is -0.396 e. The van der Waals surface area contributed by atoms with Crippen molar-refractivity contribution in [3.63, 3.8) is 0 Å². The summed E-state index contributed by atoms with van der Waals surface area (Å²) in [4.78, 5) is 2.37. The third-order valence-electron chi connectivity index (χ3n) is 4.10. The Labute approximate surface area is 110 Å². The van der Waals surface area contributed by atoms with Crippen LogP contribution < -0.4 is 0 Å². The van der Waals surface area contributed by atoms with Gasteiger partial charge in [0.1, 0.15) is 0 Å². The van der Waals surface area contributed by atoms with Crippen molar-refractivity contribution in [2.24, 2.45) is 11.8 Å². The first kappa shape index (κ1) is 14.2. The summed E-state index contributed by atoms with van der Waals surface area (Å²) in [6.07, 6.45) is 4.45. The smallest absolute Gasteiger partial charge is 0.211 e. The first-order chi connectivity index (χ1) is 8.49. The summed E-state index contributed by atoms with van der Waals surface area (Å²) >= 11 is 0. The van der Waals surface area contributed by atoms with Crippen LogP contribution in [0.15, 0.2) is 0 Å². The molecule has 0 aromatic heterocycles. The normalized spacial score (nSPS) is 31.9. The molecule has 5 nitrogen and oxygen atoms in total. The van der Waals surface area contributed by atoms with Gasteiger partial charge in [-0.05, 0) is 37.6 Å². The number of rotatable bonds is 4. The molecule has 2 unspecified atom stereocenters. The third-order valence-corrected chi connectivity index (χ3v) is 5.36. The van der Waals surface area contributed by atoms with E-state index in [1.54, 1.807) is 4.31 Å². The van der Waals surface area contributed by atoms with Crippen molar-refractivity contribution in [2.75, 3.05) is 45.6 Å².